The maximum absolute atomic E-state index is 14.4. The summed E-state index contributed by atoms with van der Waals surface area (Å²) in [6, 6.07) is 7.33. The molecule has 2 unspecified atom stereocenters. The fourth-order valence-electron chi connectivity index (χ4n) is 3.60. The van der Waals surface area contributed by atoms with Crippen LogP contribution in [0.25, 0.3) is 0 Å². The molecule has 3 N–H and O–H groups in total. The van der Waals surface area contributed by atoms with Gasteiger partial charge >= 0.3 is 6.18 Å². The monoisotopic (exact) mass is 485 g/mol. The highest BCUT2D eigenvalue weighted by molar-refractivity contribution is 6.35. The van der Waals surface area contributed by atoms with Crippen LogP contribution in [-0.4, -0.2) is 43.6 Å². The molecule has 0 fully saturated rings. The van der Waals surface area contributed by atoms with Crippen molar-refractivity contribution in [2.75, 3.05) is 19.5 Å². The van der Waals surface area contributed by atoms with E-state index in [9.17, 15) is 22.8 Å². The summed E-state index contributed by atoms with van der Waals surface area (Å²) in [6.07, 6.45) is -4.23. The van der Waals surface area contributed by atoms with Crippen LogP contribution in [0.1, 0.15) is 22.8 Å². The van der Waals surface area contributed by atoms with E-state index in [1.807, 2.05) is 0 Å². The topological polar surface area (TPSA) is 109 Å². The third-order valence-corrected chi connectivity index (χ3v) is 5.87. The van der Waals surface area contributed by atoms with Gasteiger partial charge < -0.3 is 14.8 Å². The van der Waals surface area contributed by atoms with Gasteiger partial charge in [-0.25, -0.2) is 5.48 Å². The summed E-state index contributed by atoms with van der Waals surface area (Å²) in [6.45, 7) is 0.760. The highest BCUT2D eigenvalue weighted by Crippen LogP contribution is 2.57. The number of alkyl halides is 3. The molecule has 1 aliphatic heterocycles. The fraction of sp³-hybridized carbons (Fsp3) is 0.286. The van der Waals surface area contributed by atoms with Gasteiger partial charge in [-0.15, -0.1) is 0 Å². The van der Waals surface area contributed by atoms with E-state index in [1.54, 1.807) is 12.1 Å². The molecule has 0 spiro atoms. The summed E-state index contributed by atoms with van der Waals surface area (Å²) in [5.41, 5.74) is -2.51. The molecular formula is C21H19ClF3N3O5. The molecule has 12 heteroatoms. The van der Waals surface area contributed by atoms with Gasteiger partial charge in [-0.3, -0.25) is 19.8 Å². The summed E-state index contributed by atoms with van der Waals surface area (Å²) < 4.78 is 53.4. The number of hydrogen-bond acceptors (Lipinski definition) is 6. The van der Waals surface area contributed by atoms with E-state index in [0.29, 0.717) is 5.75 Å². The second-order valence-corrected chi connectivity index (χ2v) is 7.66. The Balaban J connectivity index is 2.20. The van der Waals surface area contributed by atoms with Crippen LogP contribution < -0.4 is 20.3 Å². The zero-order valence-corrected chi connectivity index (χ0v) is 18.3. The molecule has 0 bridgehead atoms. The van der Waals surface area contributed by atoms with Crippen molar-refractivity contribution in [3.8, 4) is 11.5 Å². The van der Waals surface area contributed by atoms with Crippen LogP contribution in [0.4, 0.5) is 24.5 Å². The molecule has 0 aromatic heterocycles. The van der Waals surface area contributed by atoms with Gasteiger partial charge in [0.05, 0.1) is 30.8 Å². The number of carbonyl (C=O) groups excluding carboxylic acids is 2. The van der Waals surface area contributed by atoms with Gasteiger partial charge in [0.1, 0.15) is 22.6 Å². The Kier molecular flexibility index (Phi) is 6.57. The van der Waals surface area contributed by atoms with Crippen LogP contribution in [-0.2, 0) is 10.2 Å². The number of nitrogens with zero attached hydrogens (tertiary/aromatic N) is 1. The van der Waals surface area contributed by atoms with E-state index in [-0.39, 0.29) is 22.7 Å². The van der Waals surface area contributed by atoms with E-state index >= 15 is 0 Å². The molecule has 0 saturated carbocycles. The van der Waals surface area contributed by atoms with Gasteiger partial charge in [0.2, 0.25) is 0 Å². The first-order valence-corrected chi connectivity index (χ1v) is 9.78. The first-order chi connectivity index (χ1) is 15.5. The summed E-state index contributed by atoms with van der Waals surface area (Å²) in [5, 5.41) is 11.0. The van der Waals surface area contributed by atoms with E-state index < -0.39 is 39.9 Å². The molecule has 0 radical (unpaired) electrons. The quantitative estimate of drug-likeness (QED) is 0.433. The largest absolute Gasteiger partial charge is 0.497 e. The van der Waals surface area contributed by atoms with Crippen molar-refractivity contribution in [3.05, 3.63) is 46.5 Å². The standard InChI is InChI=1S/C21H19ClF3N3O5/c1-20(21(23,24)25)12(19(30)28-31)9-26-17-14(33-3)8-13(16(22)15(17)20)27-18(29)10-5-4-6-11(7-10)32-2/h4-9,12,31H,1-3H3,(H,27,29)(H,28,30). The number of anilines is 1. The zero-order chi connectivity index (χ0) is 24.6. The number of hydroxylamine groups is 1. The molecule has 1 aliphatic rings. The van der Waals surface area contributed by atoms with Crippen molar-refractivity contribution in [2.45, 2.75) is 18.5 Å². The lowest BCUT2D eigenvalue weighted by atomic mass is 9.68. The maximum Gasteiger partial charge on any atom is 0.399 e. The Morgan fingerprint density at radius 3 is 2.48 bits per heavy atom. The van der Waals surface area contributed by atoms with Gasteiger partial charge in [0.25, 0.3) is 11.8 Å². The number of methoxy groups -OCH3 is 2. The van der Waals surface area contributed by atoms with Crippen molar-refractivity contribution in [1.82, 2.24) is 5.48 Å². The molecule has 1 heterocycles. The van der Waals surface area contributed by atoms with E-state index in [1.165, 1.54) is 37.9 Å². The number of benzene rings is 2. The van der Waals surface area contributed by atoms with Crippen LogP contribution in [0.2, 0.25) is 5.02 Å². The van der Waals surface area contributed by atoms with Crippen molar-refractivity contribution in [1.29, 1.82) is 0 Å². The molecule has 176 valence electrons. The predicted octanol–water partition coefficient (Wildman–Crippen LogP) is 4.27. The summed E-state index contributed by atoms with van der Waals surface area (Å²) in [5.74, 6) is -3.65. The highest BCUT2D eigenvalue weighted by atomic mass is 35.5. The second kappa shape index (κ2) is 8.91. The number of ether oxygens (including phenoxy) is 2. The second-order valence-electron chi connectivity index (χ2n) is 7.28. The third kappa shape index (κ3) is 4.09. The number of amides is 2. The Morgan fingerprint density at radius 2 is 1.91 bits per heavy atom. The first-order valence-electron chi connectivity index (χ1n) is 9.40. The van der Waals surface area contributed by atoms with E-state index in [2.05, 4.69) is 10.3 Å². The smallest absolute Gasteiger partial charge is 0.399 e. The molecule has 33 heavy (non-hydrogen) atoms. The van der Waals surface area contributed by atoms with Gasteiger partial charge in [0, 0.05) is 23.4 Å². The SMILES string of the molecule is COc1cccc(C(=O)Nc2cc(OC)c3c(c2Cl)C(C)(C(F)(F)F)C(C(=O)NO)C=N3)c1. The minimum absolute atomic E-state index is 0.107. The van der Waals surface area contributed by atoms with E-state index in [0.717, 1.165) is 13.1 Å². The summed E-state index contributed by atoms with van der Waals surface area (Å²) in [7, 11) is 2.63. The molecule has 0 saturated heterocycles. The van der Waals surface area contributed by atoms with Crippen LogP contribution in [0.3, 0.4) is 0 Å². The van der Waals surface area contributed by atoms with Crippen LogP contribution in [0.5, 0.6) is 11.5 Å². The summed E-state index contributed by atoms with van der Waals surface area (Å²) in [4.78, 5) is 28.8. The Labute approximate surface area is 191 Å². The van der Waals surface area contributed by atoms with Crippen LogP contribution >= 0.6 is 11.6 Å². The number of nitrogens with one attached hydrogen (secondary N) is 2. The lowest BCUT2D eigenvalue weighted by molar-refractivity contribution is -0.197. The normalized spacial score (nSPS) is 19.5. The summed E-state index contributed by atoms with van der Waals surface area (Å²) >= 11 is 6.39. The molecule has 0 aliphatic carbocycles. The van der Waals surface area contributed by atoms with Crippen molar-refractivity contribution in [2.24, 2.45) is 10.9 Å². The number of aliphatic imine (C=N–C) groups is 1. The van der Waals surface area contributed by atoms with Crippen molar-refractivity contribution < 1.29 is 37.4 Å². The van der Waals surface area contributed by atoms with Crippen molar-refractivity contribution in [3.63, 3.8) is 0 Å². The van der Waals surface area contributed by atoms with Crippen molar-refractivity contribution >= 4 is 41.0 Å². The Bertz CT molecular complexity index is 1140. The van der Waals surface area contributed by atoms with Gasteiger partial charge in [-0.2, -0.15) is 13.2 Å². The Hall–Kier alpha value is -3.31. The maximum atomic E-state index is 14.4. The number of fused-ring (bicyclic) bond motifs is 1. The predicted molar refractivity (Wildman–Crippen MR) is 114 cm³/mol. The minimum Gasteiger partial charge on any atom is -0.497 e. The number of rotatable bonds is 5. The van der Waals surface area contributed by atoms with Crippen LogP contribution in [0.15, 0.2) is 35.3 Å². The molecule has 2 aromatic carbocycles. The third-order valence-electron chi connectivity index (χ3n) is 5.48. The highest BCUT2D eigenvalue weighted by Gasteiger charge is 2.62. The number of carbonyl (C=O) groups is 2. The van der Waals surface area contributed by atoms with Gasteiger partial charge in [0.15, 0.2) is 0 Å². The average molecular weight is 486 g/mol. The van der Waals surface area contributed by atoms with E-state index in [4.69, 9.17) is 26.3 Å². The number of hydrogen-bond donors (Lipinski definition) is 3. The molecule has 8 nitrogen and oxygen atoms in total. The molecule has 2 aromatic rings. The van der Waals surface area contributed by atoms with Crippen LogP contribution in [0, 0.1) is 5.92 Å². The fourth-order valence-corrected chi connectivity index (χ4v) is 3.99. The first kappa shape index (κ1) is 24.3. The van der Waals surface area contributed by atoms with Gasteiger partial charge in [-0.1, -0.05) is 17.7 Å². The molecule has 2 amide bonds. The lowest BCUT2D eigenvalue weighted by Crippen LogP contribution is -2.53. The molecular weight excluding hydrogens is 467 g/mol. The number of halogens is 4. The minimum atomic E-state index is -5.00. The molecule has 3 rings (SSSR count). The zero-order valence-electron chi connectivity index (χ0n) is 17.6. The average Bonchev–Trinajstić information content (AvgIpc) is 2.79. The molecule has 2 atom stereocenters. The lowest BCUT2D eigenvalue weighted by Gasteiger charge is -2.40. The Morgan fingerprint density at radius 1 is 1.21 bits per heavy atom. The van der Waals surface area contributed by atoms with Gasteiger partial charge in [-0.05, 0) is 25.1 Å².